The topological polar surface area (TPSA) is 415 Å². The fourth-order valence-corrected chi connectivity index (χ4v) is 8.25. The van der Waals surface area contributed by atoms with Gasteiger partial charge in [0.1, 0.15) is 22.2 Å². The van der Waals surface area contributed by atoms with Crippen molar-refractivity contribution >= 4 is 29.6 Å². The number of ether oxygens (including phenoxy) is 2. The highest BCUT2D eigenvalue weighted by Crippen LogP contribution is 2.74. The van der Waals surface area contributed by atoms with E-state index < -0.39 is 204 Å². The van der Waals surface area contributed by atoms with Gasteiger partial charge in [0.15, 0.2) is 11.7 Å². The van der Waals surface area contributed by atoms with Gasteiger partial charge in [-0.1, -0.05) is 0 Å². The maximum atomic E-state index is 15.0. The van der Waals surface area contributed by atoms with Crippen LogP contribution in [0.3, 0.4) is 0 Å². The summed E-state index contributed by atoms with van der Waals surface area (Å²) in [6.45, 7) is -12.3. The Labute approximate surface area is 339 Å². The molecule has 342 valence electrons. The lowest BCUT2D eigenvalue weighted by molar-refractivity contribution is -0.217. The molecule has 1 atom stereocenters. The van der Waals surface area contributed by atoms with Gasteiger partial charge in [-0.2, -0.15) is 0 Å². The van der Waals surface area contributed by atoms with Gasteiger partial charge in [-0.05, 0) is 51.4 Å². The highest BCUT2D eigenvalue weighted by atomic mass is 16.6. The van der Waals surface area contributed by atoms with Crippen molar-refractivity contribution in [2.75, 3.05) is 92.5 Å². The third-order valence-corrected chi connectivity index (χ3v) is 12.3. The fourth-order valence-electron chi connectivity index (χ4n) is 8.25. The van der Waals surface area contributed by atoms with Gasteiger partial charge in [-0.15, -0.1) is 0 Å². The molecule has 0 radical (unpaired) electrons. The molecule has 4 amide bonds. The Morgan fingerprint density at radius 1 is 0.492 bits per heavy atom. The van der Waals surface area contributed by atoms with Gasteiger partial charge >= 0.3 is 5.97 Å². The van der Waals surface area contributed by atoms with Crippen LogP contribution >= 0.6 is 0 Å². The molecule has 0 aliphatic heterocycles. The zero-order valence-electron chi connectivity index (χ0n) is 33.2. The molecular weight excluding hydrogens is 796 g/mol. The average molecular weight is 859 g/mol. The Bertz CT molecular complexity index is 1340. The molecule has 2 rings (SSSR count). The lowest BCUT2D eigenvalue weighted by Gasteiger charge is -2.49. The Hall–Kier alpha value is -3.21. The molecule has 0 saturated heterocycles. The first-order chi connectivity index (χ1) is 27.8. The van der Waals surface area contributed by atoms with E-state index in [9.17, 15) is 90.4 Å². The summed E-state index contributed by atoms with van der Waals surface area (Å²) in [4.78, 5) is 74.3. The van der Waals surface area contributed by atoms with Gasteiger partial charge in [-0.3, -0.25) is 24.0 Å². The monoisotopic (exact) mass is 858 g/mol. The van der Waals surface area contributed by atoms with Crippen LogP contribution in [-0.4, -0.2) is 217 Å². The van der Waals surface area contributed by atoms with Crippen LogP contribution in [0, 0.1) is 21.7 Å². The van der Waals surface area contributed by atoms with E-state index in [-0.39, 0.29) is 0 Å². The van der Waals surface area contributed by atoms with Crippen molar-refractivity contribution in [2.45, 2.75) is 74.4 Å². The highest BCUT2D eigenvalue weighted by molar-refractivity contribution is 6.22. The molecule has 24 heteroatoms. The van der Waals surface area contributed by atoms with Crippen molar-refractivity contribution in [2.24, 2.45) is 21.7 Å². The predicted molar refractivity (Wildman–Crippen MR) is 196 cm³/mol. The maximum Gasteiger partial charge on any atom is 0.331 e. The van der Waals surface area contributed by atoms with E-state index in [1.165, 1.54) is 13.8 Å². The van der Waals surface area contributed by atoms with E-state index in [1.807, 2.05) is 0 Å². The summed E-state index contributed by atoms with van der Waals surface area (Å²) in [5.41, 5.74) is -20.0. The molecule has 0 heterocycles. The largest absolute Gasteiger partial charge is 0.465 e. The van der Waals surface area contributed by atoms with Gasteiger partial charge in [0, 0.05) is 12.0 Å². The zero-order chi connectivity index (χ0) is 45.1. The van der Waals surface area contributed by atoms with Crippen LogP contribution in [0.15, 0.2) is 0 Å². The van der Waals surface area contributed by atoms with Crippen LogP contribution in [0.5, 0.6) is 0 Å². The molecule has 2 saturated carbocycles. The number of esters is 1. The van der Waals surface area contributed by atoms with Crippen LogP contribution in [0.1, 0.15) is 46.0 Å². The maximum absolute atomic E-state index is 15.0. The van der Waals surface area contributed by atoms with Crippen molar-refractivity contribution in [3.63, 3.8) is 0 Å². The van der Waals surface area contributed by atoms with Crippen molar-refractivity contribution in [1.82, 2.24) is 21.3 Å². The first-order valence-corrected chi connectivity index (χ1v) is 18.9. The summed E-state index contributed by atoms with van der Waals surface area (Å²) in [5.74, 6) is -8.04. The second-order valence-electron chi connectivity index (χ2n) is 15.7. The lowest BCUT2D eigenvalue weighted by atomic mass is 9.59. The van der Waals surface area contributed by atoms with Crippen LogP contribution in [0.25, 0.3) is 0 Å². The van der Waals surface area contributed by atoms with Crippen LogP contribution in [0.4, 0.5) is 0 Å². The summed E-state index contributed by atoms with van der Waals surface area (Å²) < 4.78 is 10.8. The van der Waals surface area contributed by atoms with Crippen molar-refractivity contribution in [3.05, 3.63) is 0 Å². The minimum atomic E-state index is -3.29. The molecule has 2 fully saturated rings. The first-order valence-electron chi connectivity index (χ1n) is 18.9. The van der Waals surface area contributed by atoms with Gasteiger partial charge in [-0.25, -0.2) is 0 Å². The second kappa shape index (κ2) is 20.6. The van der Waals surface area contributed by atoms with Crippen molar-refractivity contribution in [1.29, 1.82) is 0 Å². The van der Waals surface area contributed by atoms with E-state index in [2.05, 4.69) is 21.3 Å². The van der Waals surface area contributed by atoms with E-state index >= 15 is 0 Å². The fraction of sp³-hybridized carbons (Fsp3) is 0.857. The Balaban J connectivity index is 3.23. The smallest absolute Gasteiger partial charge is 0.331 e. The number of nitrogens with one attached hydrogen (secondary N) is 4. The summed E-state index contributed by atoms with van der Waals surface area (Å²) in [7, 11) is 0. The van der Waals surface area contributed by atoms with Gasteiger partial charge in [0.05, 0.1) is 85.9 Å². The van der Waals surface area contributed by atoms with Gasteiger partial charge in [0.25, 0.3) is 0 Å². The number of carbonyl (C=O) groups excluding carboxylic acids is 5. The number of hydrogen-bond donors (Lipinski definition) is 17. The minimum Gasteiger partial charge on any atom is -0.465 e. The molecule has 59 heavy (non-hydrogen) atoms. The molecule has 0 aromatic rings. The highest BCUT2D eigenvalue weighted by Gasteiger charge is 2.80. The molecule has 2 aliphatic carbocycles. The van der Waals surface area contributed by atoms with Crippen LogP contribution in [0.2, 0.25) is 0 Å². The molecule has 24 nitrogen and oxygen atoms in total. The van der Waals surface area contributed by atoms with Crippen LogP contribution in [-0.2, 0) is 33.4 Å². The van der Waals surface area contributed by atoms with E-state index in [0.29, 0.717) is 0 Å². The van der Waals surface area contributed by atoms with Crippen molar-refractivity contribution in [3.8, 4) is 0 Å². The number of aliphatic hydroxyl groups is 13. The summed E-state index contributed by atoms with van der Waals surface area (Å²) in [6, 6.07) is 0. The summed E-state index contributed by atoms with van der Waals surface area (Å²) in [5, 5.41) is 143. The van der Waals surface area contributed by atoms with Gasteiger partial charge in [0.2, 0.25) is 29.0 Å². The second-order valence-corrected chi connectivity index (χ2v) is 15.7. The van der Waals surface area contributed by atoms with E-state index in [1.54, 1.807) is 0 Å². The third-order valence-electron chi connectivity index (χ3n) is 12.3. The quantitative estimate of drug-likeness (QED) is 0.0207. The number of fused-ring (bicyclic) bond motifs is 2. The molecule has 0 aromatic heterocycles. The Morgan fingerprint density at radius 3 is 1.05 bits per heavy atom. The molecule has 2 bridgehead atoms. The third kappa shape index (κ3) is 8.66. The summed E-state index contributed by atoms with van der Waals surface area (Å²) in [6.07, 6.45) is -5.39. The first kappa shape index (κ1) is 51.9. The zero-order valence-corrected chi connectivity index (χ0v) is 33.2. The number of amides is 4. The lowest BCUT2D eigenvalue weighted by Crippen LogP contribution is -2.73. The SMILES string of the molecule is CCOC(=O)C(C(=O)NC(CO)(CO)CO)(C(=O)NC(CO)(CO)CO)C12CCC(C(C(=O)NC(CO)(CO)CO)(C(=O)NC(CO)(CO)CO)C(O)OCC)(CC1)C2. The predicted octanol–water partition coefficient (Wildman–Crippen LogP) is -8.84. The Kier molecular flexibility index (Phi) is 18.1. The Morgan fingerprint density at radius 2 is 0.780 bits per heavy atom. The van der Waals surface area contributed by atoms with E-state index in [4.69, 9.17) is 9.47 Å². The van der Waals surface area contributed by atoms with Crippen molar-refractivity contribution < 1.29 is 99.8 Å². The van der Waals surface area contributed by atoms with Crippen LogP contribution < -0.4 is 21.3 Å². The van der Waals surface area contributed by atoms with E-state index in [0.717, 1.165) is 0 Å². The molecular formula is C35H62N4O20. The number of aliphatic hydroxyl groups excluding tert-OH is 13. The normalized spacial score (nSPS) is 20.5. The average Bonchev–Trinajstić information content (AvgIpc) is 3.82. The summed E-state index contributed by atoms with van der Waals surface area (Å²) >= 11 is 0. The molecule has 0 spiro atoms. The molecule has 2 aliphatic rings. The minimum absolute atomic E-state index is 0.421. The molecule has 1 unspecified atom stereocenters. The standard InChI is InChI=1S/C35H62N4O20/c1-3-58-26(56)34(22(52)36-30(10-40,11-41)12-42,23(53)37-31(13-43,14-44)15-45)28-5-7-29(9-28,8-6-28)35(27(57)59-4-2,24(54)38-32(16-46,17-47)18-48)25(55)39-33(19-49,20-50)21-51/h26,40-51,56H,3-21H2,1-2H3,(H,36,52)(H,37,53)(H,38,54)(H,39,55). The molecule has 17 N–H and O–H groups in total. The number of hydrogen-bond acceptors (Lipinski definition) is 20. The molecule has 0 aromatic carbocycles. The number of rotatable bonds is 27. The number of carbonyl (C=O) groups is 5. The van der Waals surface area contributed by atoms with Gasteiger partial charge < -0.3 is 97.1 Å².